The van der Waals surface area contributed by atoms with Gasteiger partial charge in [0.25, 0.3) is 0 Å². The molecule has 0 radical (unpaired) electrons. The highest BCUT2D eigenvalue weighted by molar-refractivity contribution is 6.27. The zero-order valence-electron chi connectivity index (χ0n) is 32.1. The van der Waals surface area contributed by atoms with Crippen molar-refractivity contribution in [2.24, 2.45) is 0 Å². The van der Waals surface area contributed by atoms with Gasteiger partial charge < -0.3 is 0 Å². The number of rotatable bonds is 6. The van der Waals surface area contributed by atoms with E-state index in [-0.39, 0.29) is 5.41 Å². The Morgan fingerprint density at radius 2 is 0.607 bits per heavy atom. The van der Waals surface area contributed by atoms with E-state index in [1.807, 2.05) is 0 Å². The number of hydrogen-bond acceptors (Lipinski definition) is 0. The smallest absolute Gasteiger partial charge is 0.000763 e. The zero-order valence-corrected chi connectivity index (χ0v) is 32.1. The summed E-state index contributed by atoms with van der Waals surface area (Å²) in [5.41, 5.74) is 16.0. The molecule has 0 aliphatic rings. The van der Waals surface area contributed by atoms with Crippen LogP contribution < -0.4 is 0 Å². The van der Waals surface area contributed by atoms with E-state index in [9.17, 15) is 0 Å². The monoisotopic (exact) mass is 714 g/mol. The van der Waals surface area contributed by atoms with Gasteiger partial charge in [-0.25, -0.2) is 0 Å². The van der Waals surface area contributed by atoms with Gasteiger partial charge in [-0.15, -0.1) is 0 Å². The van der Waals surface area contributed by atoms with Crippen LogP contribution in [0.2, 0.25) is 0 Å². The zero-order chi connectivity index (χ0) is 37.8. The third kappa shape index (κ3) is 5.61. The third-order valence-corrected chi connectivity index (χ3v) is 11.5. The molecular weight excluding hydrogens is 673 g/mol. The van der Waals surface area contributed by atoms with Gasteiger partial charge in [0.15, 0.2) is 0 Å². The SMILES string of the molecule is CC(C)(C)c1cc2ccc3ccc(-c4c(-c5ccccc5)c(-c5ccccc5)c(-c5ccccc5)c(-c5ccccc5)c4-c4ccccc4)c4ccc(c1)c2c34. The summed E-state index contributed by atoms with van der Waals surface area (Å²) < 4.78 is 0. The van der Waals surface area contributed by atoms with Gasteiger partial charge in [0.05, 0.1) is 0 Å². The van der Waals surface area contributed by atoms with Crippen LogP contribution in [0.5, 0.6) is 0 Å². The van der Waals surface area contributed by atoms with E-state index < -0.39 is 0 Å². The maximum Gasteiger partial charge on any atom is -0.000763 e. The first kappa shape index (κ1) is 33.8. The lowest BCUT2D eigenvalue weighted by molar-refractivity contribution is 0.591. The summed E-state index contributed by atoms with van der Waals surface area (Å²) in [7, 11) is 0. The van der Waals surface area contributed by atoms with E-state index in [1.165, 1.54) is 105 Å². The van der Waals surface area contributed by atoms with Crippen LogP contribution in [0.15, 0.2) is 200 Å². The predicted octanol–water partition coefficient (Wildman–Crippen LogP) is 15.9. The summed E-state index contributed by atoms with van der Waals surface area (Å²) in [5.74, 6) is 0. The highest BCUT2D eigenvalue weighted by atomic mass is 14.3. The summed E-state index contributed by atoms with van der Waals surface area (Å²) in [6, 6.07) is 74.2. The number of hydrogen-bond donors (Lipinski definition) is 0. The Morgan fingerprint density at radius 1 is 0.286 bits per heavy atom. The molecule has 0 fully saturated rings. The highest BCUT2D eigenvalue weighted by Gasteiger charge is 2.30. The van der Waals surface area contributed by atoms with Crippen LogP contribution >= 0.6 is 0 Å². The fourth-order valence-electron chi connectivity index (χ4n) is 8.96. The average Bonchev–Trinajstić information content (AvgIpc) is 3.25. The Hall–Kier alpha value is -6.76. The van der Waals surface area contributed by atoms with Gasteiger partial charge in [0.1, 0.15) is 0 Å². The molecule has 0 heteroatoms. The van der Waals surface area contributed by atoms with E-state index in [4.69, 9.17) is 0 Å². The van der Waals surface area contributed by atoms with Gasteiger partial charge in [0.2, 0.25) is 0 Å². The molecule has 0 heterocycles. The van der Waals surface area contributed by atoms with Crippen molar-refractivity contribution in [1.82, 2.24) is 0 Å². The lowest BCUT2D eigenvalue weighted by atomic mass is 9.73. The second-order valence-electron chi connectivity index (χ2n) is 16.0. The maximum atomic E-state index is 2.41. The molecule has 0 atom stereocenters. The van der Waals surface area contributed by atoms with Crippen molar-refractivity contribution < 1.29 is 0 Å². The molecule has 0 bridgehead atoms. The highest BCUT2D eigenvalue weighted by Crippen LogP contribution is 2.57. The molecule has 0 N–H and O–H groups in total. The Bertz CT molecular complexity index is 2870. The molecule has 56 heavy (non-hydrogen) atoms. The van der Waals surface area contributed by atoms with Crippen molar-refractivity contribution in [3.8, 4) is 66.8 Å². The second-order valence-corrected chi connectivity index (χ2v) is 16.0. The van der Waals surface area contributed by atoms with Crippen LogP contribution in [-0.2, 0) is 5.41 Å². The van der Waals surface area contributed by atoms with Crippen molar-refractivity contribution in [3.63, 3.8) is 0 Å². The standard InChI is InChI=1S/C56H42/c1-56(2,3)45-35-43-30-29-42-31-33-47(46-34-32-44(36-45)48(43)49(42)46)55-53(40-25-15-7-16-26-40)51(38-21-11-5-12-22-38)50(37-19-9-4-10-20-37)52(39-23-13-6-14-24-39)54(55)41-27-17-8-18-28-41/h4-36H,1-3H3. The fourth-order valence-corrected chi connectivity index (χ4v) is 8.96. The van der Waals surface area contributed by atoms with Crippen LogP contribution in [0, 0.1) is 0 Å². The molecule has 0 saturated heterocycles. The van der Waals surface area contributed by atoms with Gasteiger partial charge in [0, 0.05) is 0 Å². The van der Waals surface area contributed by atoms with Gasteiger partial charge in [-0.1, -0.05) is 221 Å². The van der Waals surface area contributed by atoms with Crippen LogP contribution in [0.4, 0.5) is 0 Å². The summed E-state index contributed by atoms with van der Waals surface area (Å²) >= 11 is 0. The lowest BCUT2D eigenvalue weighted by Crippen LogP contribution is -2.10. The summed E-state index contributed by atoms with van der Waals surface area (Å²) in [6.45, 7) is 6.92. The maximum absolute atomic E-state index is 2.41. The molecule has 0 spiro atoms. The Morgan fingerprint density at radius 3 is 0.982 bits per heavy atom. The minimum absolute atomic E-state index is 0.0486. The van der Waals surface area contributed by atoms with Crippen LogP contribution in [0.25, 0.3) is 99.1 Å². The molecule has 0 amide bonds. The van der Waals surface area contributed by atoms with E-state index in [0.717, 1.165) is 0 Å². The van der Waals surface area contributed by atoms with Crippen LogP contribution in [-0.4, -0.2) is 0 Å². The molecule has 0 aliphatic heterocycles. The van der Waals surface area contributed by atoms with Crippen molar-refractivity contribution in [2.45, 2.75) is 26.2 Å². The summed E-state index contributed by atoms with van der Waals surface area (Å²) in [4.78, 5) is 0. The quantitative estimate of drug-likeness (QED) is 0.150. The van der Waals surface area contributed by atoms with Gasteiger partial charge in [-0.05, 0) is 110 Å². The number of benzene rings is 10. The van der Waals surface area contributed by atoms with Crippen molar-refractivity contribution in [3.05, 3.63) is 206 Å². The normalized spacial score (nSPS) is 11.8. The van der Waals surface area contributed by atoms with Gasteiger partial charge >= 0.3 is 0 Å². The van der Waals surface area contributed by atoms with E-state index in [2.05, 4.69) is 221 Å². The van der Waals surface area contributed by atoms with Gasteiger partial charge in [-0.2, -0.15) is 0 Å². The van der Waals surface area contributed by atoms with E-state index >= 15 is 0 Å². The lowest BCUT2D eigenvalue weighted by Gasteiger charge is -2.29. The van der Waals surface area contributed by atoms with Crippen molar-refractivity contribution >= 4 is 32.3 Å². The molecule has 10 aromatic carbocycles. The molecular formula is C56H42. The molecule has 10 aromatic rings. The first-order valence-electron chi connectivity index (χ1n) is 19.7. The molecule has 0 unspecified atom stereocenters. The largest absolute Gasteiger partial charge is 0.0622 e. The Kier molecular flexibility index (Phi) is 8.15. The first-order chi connectivity index (χ1) is 27.5. The minimum Gasteiger partial charge on any atom is -0.0622 e. The molecule has 0 aromatic heterocycles. The molecule has 266 valence electrons. The average molecular weight is 715 g/mol. The van der Waals surface area contributed by atoms with E-state index in [0.29, 0.717) is 0 Å². The van der Waals surface area contributed by atoms with Crippen LogP contribution in [0.1, 0.15) is 26.3 Å². The molecule has 10 rings (SSSR count). The molecule has 0 saturated carbocycles. The fraction of sp³-hybridized carbons (Fsp3) is 0.0714. The summed E-state index contributed by atoms with van der Waals surface area (Å²) in [5, 5.41) is 7.78. The predicted molar refractivity (Wildman–Crippen MR) is 241 cm³/mol. The third-order valence-electron chi connectivity index (χ3n) is 11.5. The minimum atomic E-state index is 0.0486. The summed E-state index contributed by atoms with van der Waals surface area (Å²) in [6.07, 6.45) is 0. The van der Waals surface area contributed by atoms with Crippen LogP contribution in [0.3, 0.4) is 0 Å². The van der Waals surface area contributed by atoms with Crippen molar-refractivity contribution in [1.29, 1.82) is 0 Å². The second kappa shape index (κ2) is 13.5. The molecule has 0 nitrogen and oxygen atoms in total. The van der Waals surface area contributed by atoms with E-state index in [1.54, 1.807) is 0 Å². The van der Waals surface area contributed by atoms with Crippen molar-refractivity contribution in [2.75, 3.05) is 0 Å². The first-order valence-corrected chi connectivity index (χ1v) is 19.7. The Labute approximate surface area is 329 Å². The van der Waals surface area contributed by atoms with Gasteiger partial charge in [-0.3, -0.25) is 0 Å². The molecule has 0 aliphatic carbocycles. The Balaban J connectivity index is 1.48. The topological polar surface area (TPSA) is 0 Å².